The molecule has 0 aliphatic heterocycles. The van der Waals surface area contributed by atoms with Crippen LogP contribution in [-0.2, 0) is 10.0 Å². The predicted octanol–water partition coefficient (Wildman–Crippen LogP) is 0.841. The summed E-state index contributed by atoms with van der Waals surface area (Å²) in [7, 11) is -1.86. The van der Waals surface area contributed by atoms with E-state index in [9.17, 15) is 8.42 Å². The average Bonchev–Trinajstić information content (AvgIpc) is 2.28. The molecule has 0 spiro atoms. The lowest BCUT2D eigenvalue weighted by Crippen LogP contribution is -2.36. The van der Waals surface area contributed by atoms with Gasteiger partial charge in [-0.2, -0.15) is 0 Å². The summed E-state index contributed by atoms with van der Waals surface area (Å²) in [4.78, 5) is 7.82. The molecule has 1 aromatic rings. The lowest BCUT2D eigenvalue weighted by atomic mass is 10.1. The molecule has 96 valence electrons. The van der Waals surface area contributed by atoms with Gasteiger partial charge < -0.3 is 5.32 Å². The van der Waals surface area contributed by atoms with E-state index < -0.39 is 10.0 Å². The molecule has 0 radical (unpaired) electrons. The van der Waals surface area contributed by atoms with Crippen molar-refractivity contribution in [1.29, 1.82) is 0 Å². The Balaban J connectivity index is 2.89. The zero-order valence-corrected chi connectivity index (χ0v) is 11.2. The van der Waals surface area contributed by atoms with Crippen molar-refractivity contribution in [2.75, 3.05) is 12.4 Å². The number of nitrogens with one attached hydrogen (secondary N) is 2. The molecule has 0 saturated carbocycles. The second-order valence-corrected chi connectivity index (χ2v) is 5.86. The molecule has 0 aromatic carbocycles. The van der Waals surface area contributed by atoms with E-state index in [0.29, 0.717) is 5.95 Å². The van der Waals surface area contributed by atoms with Gasteiger partial charge in [-0.3, -0.25) is 0 Å². The lowest BCUT2D eigenvalue weighted by molar-refractivity contribution is 0.476. The molecule has 0 aliphatic carbocycles. The van der Waals surface area contributed by atoms with Crippen LogP contribution in [0.4, 0.5) is 5.95 Å². The number of nitrogens with zero attached hydrogens (tertiary/aromatic N) is 2. The minimum absolute atomic E-state index is 0.0731. The third-order valence-electron chi connectivity index (χ3n) is 2.50. The smallest absolute Gasteiger partial charge is 0.243 e. The van der Waals surface area contributed by atoms with E-state index in [2.05, 4.69) is 20.0 Å². The predicted molar refractivity (Wildman–Crippen MR) is 66.2 cm³/mol. The molecule has 0 fully saturated rings. The summed E-state index contributed by atoms with van der Waals surface area (Å²) in [6, 6.07) is -0.135. The number of aromatic nitrogens is 2. The highest BCUT2D eigenvalue weighted by Gasteiger charge is 2.19. The van der Waals surface area contributed by atoms with Crippen LogP contribution in [0.25, 0.3) is 0 Å². The summed E-state index contributed by atoms with van der Waals surface area (Å²) in [5, 5.41) is 2.73. The van der Waals surface area contributed by atoms with Gasteiger partial charge in [0.1, 0.15) is 4.90 Å². The van der Waals surface area contributed by atoms with Gasteiger partial charge in [0.05, 0.1) is 12.4 Å². The summed E-state index contributed by atoms with van der Waals surface area (Å²) in [5.41, 5.74) is 0. The Kier molecular flexibility index (Phi) is 4.41. The van der Waals surface area contributed by atoms with Crippen LogP contribution in [-0.4, -0.2) is 31.5 Å². The highest BCUT2D eigenvalue weighted by atomic mass is 32.2. The zero-order valence-electron chi connectivity index (χ0n) is 10.4. The molecular formula is C10H18N4O2S. The fraction of sp³-hybridized carbons (Fsp3) is 0.600. The average molecular weight is 258 g/mol. The molecule has 1 atom stereocenters. The van der Waals surface area contributed by atoms with E-state index in [0.717, 1.165) is 0 Å². The molecule has 0 bridgehead atoms. The Morgan fingerprint density at radius 2 is 1.71 bits per heavy atom. The quantitative estimate of drug-likeness (QED) is 0.817. The highest BCUT2D eigenvalue weighted by molar-refractivity contribution is 7.89. The number of hydrogen-bond donors (Lipinski definition) is 2. The van der Waals surface area contributed by atoms with Crippen LogP contribution >= 0.6 is 0 Å². The van der Waals surface area contributed by atoms with E-state index in [4.69, 9.17) is 0 Å². The van der Waals surface area contributed by atoms with Gasteiger partial charge in [-0.1, -0.05) is 13.8 Å². The highest BCUT2D eigenvalue weighted by Crippen LogP contribution is 2.10. The van der Waals surface area contributed by atoms with Gasteiger partial charge in [0.15, 0.2) is 0 Å². The summed E-state index contributed by atoms with van der Waals surface area (Å²) in [6.07, 6.45) is 2.57. The van der Waals surface area contributed by atoms with Crippen LogP contribution < -0.4 is 10.0 Å². The molecule has 2 N–H and O–H groups in total. The third-order valence-corrected chi connectivity index (χ3v) is 4.02. The maximum atomic E-state index is 11.9. The molecular weight excluding hydrogens is 240 g/mol. The fourth-order valence-corrected chi connectivity index (χ4v) is 2.31. The Morgan fingerprint density at radius 3 is 2.12 bits per heavy atom. The van der Waals surface area contributed by atoms with Gasteiger partial charge in [0, 0.05) is 13.1 Å². The van der Waals surface area contributed by atoms with Crippen molar-refractivity contribution in [3.63, 3.8) is 0 Å². The van der Waals surface area contributed by atoms with Gasteiger partial charge in [-0.05, 0) is 12.8 Å². The van der Waals surface area contributed by atoms with Crippen LogP contribution in [0.1, 0.15) is 20.8 Å². The number of anilines is 1. The summed E-state index contributed by atoms with van der Waals surface area (Å²) < 4.78 is 26.5. The van der Waals surface area contributed by atoms with E-state index in [1.165, 1.54) is 12.4 Å². The monoisotopic (exact) mass is 258 g/mol. The molecule has 1 unspecified atom stereocenters. The normalized spacial score (nSPS) is 13.7. The standard InChI is InChI=1S/C10H18N4O2S/c1-7(2)8(3)14-17(15,16)9-5-12-10(11-4)13-6-9/h5-8,14H,1-4H3,(H,11,12,13). The Bertz CT molecular complexity index is 456. The Morgan fingerprint density at radius 1 is 1.18 bits per heavy atom. The molecule has 1 heterocycles. The first-order valence-electron chi connectivity index (χ1n) is 5.39. The van der Waals surface area contributed by atoms with Gasteiger partial charge in [-0.25, -0.2) is 23.1 Å². The second kappa shape index (κ2) is 5.42. The van der Waals surface area contributed by atoms with Crippen molar-refractivity contribution in [3.05, 3.63) is 12.4 Å². The van der Waals surface area contributed by atoms with E-state index in [1.54, 1.807) is 7.05 Å². The summed E-state index contributed by atoms with van der Waals surface area (Å²) in [6.45, 7) is 5.73. The van der Waals surface area contributed by atoms with Crippen LogP contribution in [0.15, 0.2) is 17.3 Å². The minimum atomic E-state index is -3.53. The Hall–Kier alpha value is -1.21. The van der Waals surface area contributed by atoms with Gasteiger partial charge in [-0.15, -0.1) is 0 Å². The molecule has 6 nitrogen and oxygen atoms in total. The van der Waals surface area contributed by atoms with Crippen LogP contribution in [0.3, 0.4) is 0 Å². The molecule has 0 aliphatic rings. The maximum Gasteiger partial charge on any atom is 0.243 e. The molecule has 1 aromatic heterocycles. The van der Waals surface area contributed by atoms with Gasteiger partial charge in [0.25, 0.3) is 0 Å². The first kappa shape index (κ1) is 13.9. The van der Waals surface area contributed by atoms with E-state index in [1.807, 2.05) is 20.8 Å². The van der Waals surface area contributed by atoms with Crippen LogP contribution in [0, 0.1) is 5.92 Å². The first-order chi connectivity index (χ1) is 7.86. The van der Waals surface area contributed by atoms with Gasteiger partial charge >= 0.3 is 0 Å². The largest absolute Gasteiger partial charge is 0.357 e. The van der Waals surface area contributed by atoms with Crippen molar-refractivity contribution in [3.8, 4) is 0 Å². The van der Waals surface area contributed by atoms with Gasteiger partial charge in [0.2, 0.25) is 16.0 Å². The molecule has 7 heteroatoms. The number of hydrogen-bond acceptors (Lipinski definition) is 5. The topological polar surface area (TPSA) is 84.0 Å². The summed E-state index contributed by atoms with van der Waals surface area (Å²) >= 11 is 0. The third kappa shape index (κ3) is 3.64. The van der Waals surface area contributed by atoms with Crippen molar-refractivity contribution in [2.24, 2.45) is 5.92 Å². The van der Waals surface area contributed by atoms with Crippen molar-refractivity contribution in [1.82, 2.24) is 14.7 Å². The lowest BCUT2D eigenvalue weighted by Gasteiger charge is -2.17. The number of rotatable bonds is 5. The molecule has 17 heavy (non-hydrogen) atoms. The second-order valence-electron chi connectivity index (χ2n) is 4.15. The molecule has 1 rings (SSSR count). The molecule has 0 amide bonds. The first-order valence-corrected chi connectivity index (χ1v) is 6.87. The zero-order chi connectivity index (χ0) is 13.1. The van der Waals surface area contributed by atoms with Crippen LogP contribution in [0.5, 0.6) is 0 Å². The van der Waals surface area contributed by atoms with Crippen molar-refractivity contribution < 1.29 is 8.42 Å². The van der Waals surface area contributed by atoms with Crippen molar-refractivity contribution >= 4 is 16.0 Å². The SMILES string of the molecule is CNc1ncc(S(=O)(=O)NC(C)C(C)C)cn1. The minimum Gasteiger partial charge on any atom is -0.357 e. The maximum absolute atomic E-state index is 11.9. The fourth-order valence-electron chi connectivity index (χ4n) is 1.03. The van der Waals surface area contributed by atoms with Crippen molar-refractivity contribution in [2.45, 2.75) is 31.7 Å². The molecule has 0 saturated heterocycles. The van der Waals surface area contributed by atoms with E-state index in [-0.39, 0.29) is 16.9 Å². The summed E-state index contributed by atoms with van der Waals surface area (Å²) in [5.74, 6) is 0.614. The van der Waals surface area contributed by atoms with Crippen LogP contribution in [0.2, 0.25) is 0 Å². The number of sulfonamides is 1. The Labute approximate surface area is 102 Å². The van der Waals surface area contributed by atoms with E-state index >= 15 is 0 Å².